The standard InChI is InChI=1S/C12H11N3O2/c1-2-17-12(16)15-11(7-13)10-6-4-3-5-9(10)8-14-15/h3-6,8,11H,2H2,1H3. The number of nitriles is 1. The highest BCUT2D eigenvalue weighted by molar-refractivity contribution is 5.85. The van der Waals surface area contributed by atoms with Gasteiger partial charge in [0, 0.05) is 5.56 Å². The van der Waals surface area contributed by atoms with Gasteiger partial charge in [-0.25, -0.2) is 4.79 Å². The summed E-state index contributed by atoms with van der Waals surface area (Å²) in [5, 5.41) is 14.2. The van der Waals surface area contributed by atoms with Crippen molar-refractivity contribution in [3.63, 3.8) is 0 Å². The maximum Gasteiger partial charge on any atom is 0.431 e. The molecule has 0 radical (unpaired) electrons. The van der Waals surface area contributed by atoms with Gasteiger partial charge >= 0.3 is 6.09 Å². The Labute approximate surface area is 98.9 Å². The molecule has 1 aliphatic heterocycles. The van der Waals surface area contributed by atoms with Gasteiger partial charge in [0.1, 0.15) is 0 Å². The first-order valence-corrected chi connectivity index (χ1v) is 5.26. The van der Waals surface area contributed by atoms with Gasteiger partial charge in [-0.05, 0) is 12.5 Å². The molecule has 1 amide bonds. The fourth-order valence-electron chi connectivity index (χ4n) is 1.67. The highest BCUT2D eigenvalue weighted by atomic mass is 16.6. The Kier molecular flexibility index (Phi) is 3.06. The molecule has 5 nitrogen and oxygen atoms in total. The van der Waals surface area contributed by atoms with Crippen LogP contribution in [0.3, 0.4) is 0 Å². The van der Waals surface area contributed by atoms with Crippen molar-refractivity contribution >= 4 is 12.3 Å². The molecular formula is C12H11N3O2. The molecule has 1 aliphatic rings. The molecule has 0 saturated heterocycles. The molecule has 5 heteroatoms. The molecule has 0 bridgehead atoms. The van der Waals surface area contributed by atoms with Crippen LogP contribution in [0.5, 0.6) is 0 Å². The number of rotatable bonds is 1. The number of carbonyl (C=O) groups is 1. The molecule has 2 rings (SSSR count). The van der Waals surface area contributed by atoms with Gasteiger partial charge in [0.15, 0.2) is 6.04 Å². The summed E-state index contributed by atoms with van der Waals surface area (Å²) in [5.41, 5.74) is 1.61. The summed E-state index contributed by atoms with van der Waals surface area (Å²) in [6.45, 7) is 1.96. The fourth-order valence-corrected chi connectivity index (χ4v) is 1.67. The Hall–Kier alpha value is -2.35. The molecule has 0 aliphatic carbocycles. The Morgan fingerprint density at radius 2 is 2.35 bits per heavy atom. The van der Waals surface area contributed by atoms with Gasteiger partial charge in [-0.3, -0.25) is 0 Å². The number of hydrogen-bond donors (Lipinski definition) is 0. The van der Waals surface area contributed by atoms with E-state index in [1.807, 2.05) is 18.2 Å². The largest absolute Gasteiger partial charge is 0.448 e. The number of fused-ring (bicyclic) bond motifs is 1. The van der Waals surface area contributed by atoms with Crippen LogP contribution in [0, 0.1) is 11.3 Å². The first-order valence-electron chi connectivity index (χ1n) is 5.26. The topological polar surface area (TPSA) is 65.7 Å². The minimum Gasteiger partial charge on any atom is -0.448 e. The lowest BCUT2D eigenvalue weighted by Crippen LogP contribution is -2.33. The van der Waals surface area contributed by atoms with Crippen LogP contribution in [0.15, 0.2) is 29.4 Å². The molecule has 17 heavy (non-hydrogen) atoms. The molecule has 1 aromatic rings. The zero-order valence-electron chi connectivity index (χ0n) is 9.33. The van der Waals surface area contributed by atoms with E-state index in [9.17, 15) is 4.79 Å². The first kappa shape index (κ1) is 11.1. The lowest BCUT2D eigenvalue weighted by atomic mass is 10.0. The van der Waals surface area contributed by atoms with E-state index < -0.39 is 12.1 Å². The Morgan fingerprint density at radius 3 is 3.06 bits per heavy atom. The molecule has 1 atom stereocenters. The molecule has 0 aromatic heterocycles. The van der Waals surface area contributed by atoms with Crippen molar-refractivity contribution in [3.05, 3.63) is 35.4 Å². The van der Waals surface area contributed by atoms with Crippen molar-refractivity contribution in [2.75, 3.05) is 6.61 Å². The van der Waals surface area contributed by atoms with Gasteiger partial charge in [0.2, 0.25) is 0 Å². The SMILES string of the molecule is CCOC(=O)N1N=Cc2ccccc2C1C#N. The van der Waals surface area contributed by atoms with Crippen molar-refractivity contribution < 1.29 is 9.53 Å². The van der Waals surface area contributed by atoms with E-state index >= 15 is 0 Å². The van der Waals surface area contributed by atoms with Crippen LogP contribution in [0.25, 0.3) is 0 Å². The number of amides is 1. The summed E-state index contributed by atoms with van der Waals surface area (Å²) >= 11 is 0. The van der Waals surface area contributed by atoms with E-state index in [1.165, 1.54) is 0 Å². The maximum absolute atomic E-state index is 11.6. The summed E-state index contributed by atoms with van der Waals surface area (Å²) < 4.78 is 4.85. The van der Waals surface area contributed by atoms with Crippen molar-refractivity contribution in [1.29, 1.82) is 5.26 Å². The maximum atomic E-state index is 11.6. The van der Waals surface area contributed by atoms with E-state index in [2.05, 4.69) is 11.2 Å². The van der Waals surface area contributed by atoms with Gasteiger partial charge in [-0.1, -0.05) is 24.3 Å². The van der Waals surface area contributed by atoms with E-state index in [0.717, 1.165) is 16.1 Å². The van der Waals surface area contributed by atoms with Crippen LogP contribution in [-0.2, 0) is 4.74 Å². The van der Waals surface area contributed by atoms with Crippen LogP contribution in [0.4, 0.5) is 4.79 Å². The smallest absolute Gasteiger partial charge is 0.431 e. The molecule has 1 aromatic carbocycles. The summed E-state index contributed by atoms with van der Waals surface area (Å²) in [5.74, 6) is 0. The lowest BCUT2D eigenvalue weighted by molar-refractivity contribution is 0.0995. The number of benzene rings is 1. The highest BCUT2D eigenvalue weighted by Crippen LogP contribution is 2.27. The molecule has 0 fully saturated rings. The second-order valence-electron chi connectivity index (χ2n) is 3.45. The van der Waals surface area contributed by atoms with E-state index in [4.69, 9.17) is 10.00 Å². The molecule has 0 N–H and O–H groups in total. The van der Waals surface area contributed by atoms with Gasteiger partial charge < -0.3 is 4.74 Å². The Bertz CT molecular complexity index is 505. The van der Waals surface area contributed by atoms with Crippen LogP contribution in [0.2, 0.25) is 0 Å². The summed E-state index contributed by atoms with van der Waals surface area (Å²) in [6.07, 6.45) is 0.949. The third-order valence-corrected chi connectivity index (χ3v) is 2.43. The molecule has 0 saturated carbocycles. The number of ether oxygens (including phenoxy) is 1. The quantitative estimate of drug-likeness (QED) is 0.740. The van der Waals surface area contributed by atoms with Crippen molar-refractivity contribution in [2.45, 2.75) is 13.0 Å². The zero-order valence-corrected chi connectivity index (χ0v) is 9.33. The number of hydrazone groups is 1. The zero-order chi connectivity index (χ0) is 12.3. The van der Waals surface area contributed by atoms with Gasteiger partial charge in [-0.15, -0.1) is 0 Å². The monoisotopic (exact) mass is 229 g/mol. The second kappa shape index (κ2) is 4.66. The van der Waals surface area contributed by atoms with Crippen LogP contribution < -0.4 is 0 Å². The molecule has 1 heterocycles. The average molecular weight is 229 g/mol. The van der Waals surface area contributed by atoms with Gasteiger partial charge in [-0.2, -0.15) is 15.4 Å². The highest BCUT2D eigenvalue weighted by Gasteiger charge is 2.30. The summed E-state index contributed by atoms with van der Waals surface area (Å²) in [6, 6.07) is 8.68. The lowest BCUT2D eigenvalue weighted by Gasteiger charge is -2.25. The third-order valence-electron chi connectivity index (χ3n) is 2.43. The molecule has 0 spiro atoms. The molecule has 1 unspecified atom stereocenters. The minimum atomic E-state index is -0.727. The first-order chi connectivity index (χ1) is 8.27. The number of nitrogens with zero attached hydrogens (tertiary/aromatic N) is 3. The van der Waals surface area contributed by atoms with E-state index in [-0.39, 0.29) is 6.61 Å². The summed E-state index contributed by atoms with van der Waals surface area (Å²) in [7, 11) is 0. The number of hydrogen-bond acceptors (Lipinski definition) is 4. The van der Waals surface area contributed by atoms with Gasteiger partial charge in [0.25, 0.3) is 0 Å². The molecular weight excluding hydrogens is 218 g/mol. The fraction of sp³-hybridized carbons (Fsp3) is 0.250. The van der Waals surface area contributed by atoms with E-state index in [1.54, 1.807) is 19.2 Å². The minimum absolute atomic E-state index is 0.255. The van der Waals surface area contributed by atoms with Crippen molar-refractivity contribution in [3.8, 4) is 6.07 Å². The Morgan fingerprint density at radius 1 is 1.59 bits per heavy atom. The van der Waals surface area contributed by atoms with E-state index in [0.29, 0.717) is 0 Å². The second-order valence-corrected chi connectivity index (χ2v) is 3.45. The van der Waals surface area contributed by atoms with Crippen molar-refractivity contribution in [2.24, 2.45) is 5.10 Å². The normalized spacial score (nSPS) is 17.2. The number of carbonyl (C=O) groups excluding carboxylic acids is 1. The van der Waals surface area contributed by atoms with Crippen LogP contribution in [0.1, 0.15) is 24.1 Å². The van der Waals surface area contributed by atoms with Crippen LogP contribution in [-0.4, -0.2) is 23.9 Å². The van der Waals surface area contributed by atoms with Gasteiger partial charge in [0.05, 0.1) is 18.9 Å². The Balaban J connectivity index is 2.36. The third kappa shape index (κ3) is 1.97. The average Bonchev–Trinajstić information content (AvgIpc) is 2.37. The van der Waals surface area contributed by atoms with Crippen LogP contribution >= 0.6 is 0 Å². The summed E-state index contributed by atoms with van der Waals surface area (Å²) in [4.78, 5) is 11.6. The predicted molar refractivity (Wildman–Crippen MR) is 61.3 cm³/mol. The molecule has 86 valence electrons. The predicted octanol–water partition coefficient (Wildman–Crippen LogP) is 2.06. The van der Waals surface area contributed by atoms with Crippen molar-refractivity contribution in [1.82, 2.24) is 5.01 Å².